The van der Waals surface area contributed by atoms with Crippen LogP contribution in [0.2, 0.25) is 4.34 Å². The lowest BCUT2D eigenvalue weighted by atomic mass is 10.2. The second kappa shape index (κ2) is 3.67. The number of rotatable bonds is 2. The SMILES string of the molecule is Cc1c(C(=O)O)noc1-c1ccc(Cl)s1. The number of halogens is 1. The van der Waals surface area contributed by atoms with Gasteiger partial charge in [0.2, 0.25) is 0 Å². The van der Waals surface area contributed by atoms with Crippen molar-refractivity contribution >= 4 is 28.9 Å². The molecule has 15 heavy (non-hydrogen) atoms. The molecule has 0 amide bonds. The maximum absolute atomic E-state index is 10.7. The van der Waals surface area contributed by atoms with Gasteiger partial charge in [-0.2, -0.15) is 0 Å². The van der Waals surface area contributed by atoms with Crippen molar-refractivity contribution in [3.8, 4) is 10.6 Å². The minimum atomic E-state index is -1.09. The van der Waals surface area contributed by atoms with Crippen LogP contribution in [-0.4, -0.2) is 16.2 Å². The average molecular weight is 244 g/mol. The minimum absolute atomic E-state index is 0.0606. The molecule has 0 aromatic carbocycles. The highest BCUT2D eigenvalue weighted by atomic mass is 35.5. The summed E-state index contributed by atoms with van der Waals surface area (Å²) in [5.41, 5.74) is 0.454. The maximum Gasteiger partial charge on any atom is 0.358 e. The van der Waals surface area contributed by atoms with Crippen molar-refractivity contribution in [3.05, 3.63) is 27.7 Å². The molecule has 0 atom stereocenters. The molecule has 0 aliphatic rings. The first-order valence-electron chi connectivity index (χ1n) is 4.05. The van der Waals surface area contributed by atoms with E-state index >= 15 is 0 Å². The minimum Gasteiger partial charge on any atom is -0.476 e. The highest BCUT2D eigenvalue weighted by molar-refractivity contribution is 7.19. The van der Waals surface area contributed by atoms with Gasteiger partial charge < -0.3 is 9.63 Å². The molecule has 0 saturated carbocycles. The molecule has 6 heteroatoms. The molecule has 4 nitrogen and oxygen atoms in total. The Bertz CT molecular complexity index is 517. The summed E-state index contributed by atoms with van der Waals surface area (Å²) in [6.07, 6.45) is 0. The van der Waals surface area contributed by atoms with Crippen molar-refractivity contribution in [2.24, 2.45) is 0 Å². The van der Waals surface area contributed by atoms with Crippen molar-refractivity contribution in [3.63, 3.8) is 0 Å². The molecular formula is C9H6ClNO3S. The van der Waals surface area contributed by atoms with E-state index in [9.17, 15) is 4.79 Å². The Morgan fingerprint density at radius 1 is 1.60 bits per heavy atom. The lowest BCUT2D eigenvalue weighted by molar-refractivity contribution is 0.0685. The topological polar surface area (TPSA) is 63.3 Å². The van der Waals surface area contributed by atoms with E-state index < -0.39 is 5.97 Å². The third kappa shape index (κ3) is 1.75. The molecule has 0 unspecified atom stereocenters. The molecule has 0 saturated heterocycles. The fourth-order valence-corrected chi connectivity index (χ4v) is 2.28. The fourth-order valence-electron chi connectivity index (χ4n) is 1.20. The van der Waals surface area contributed by atoms with Crippen LogP contribution in [0.15, 0.2) is 16.7 Å². The second-order valence-corrected chi connectivity index (χ2v) is 4.61. The largest absolute Gasteiger partial charge is 0.476 e. The van der Waals surface area contributed by atoms with Crippen molar-refractivity contribution in [2.45, 2.75) is 6.92 Å². The summed E-state index contributed by atoms with van der Waals surface area (Å²) in [4.78, 5) is 11.5. The van der Waals surface area contributed by atoms with Crippen LogP contribution in [0.3, 0.4) is 0 Å². The van der Waals surface area contributed by atoms with Crippen molar-refractivity contribution < 1.29 is 14.4 Å². The molecule has 0 bridgehead atoms. The molecule has 0 aliphatic heterocycles. The van der Waals surface area contributed by atoms with Crippen LogP contribution in [0.4, 0.5) is 0 Å². The summed E-state index contributed by atoms with van der Waals surface area (Å²) in [6, 6.07) is 3.50. The Hall–Kier alpha value is -1.33. The van der Waals surface area contributed by atoms with Crippen LogP contribution < -0.4 is 0 Å². The van der Waals surface area contributed by atoms with Gasteiger partial charge >= 0.3 is 5.97 Å². The van der Waals surface area contributed by atoms with Gasteiger partial charge in [-0.1, -0.05) is 16.8 Å². The van der Waals surface area contributed by atoms with Crippen LogP contribution >= 0.6 is 22.9 Å². The lowest BCUT2D eigenvalue weighted by Gasteiger charge is -1.90. The summed E-state index contributed by atoms with van der Waals surface area (Å²) in [6.45, 7) is 1.66. The molecule has 78 valence electrons. The first-order chi connectivity index (χ1) is 7.09. The molecule has 0 spiro atoms. The Kier molecular flexibility index (Phi) is 2.50. The van der Waals surface area contributed by atoms with Crippen molar-refractivity contribution in [1.29, 1.82) is 0 Å². The van der Waals surface area contributed by atoms with Gasteiger partial charge in [0, 0.05) is 5.56 Å². The number of hydrogen-bond donors (Lipinski definition) is 1. The average Bonchev–Trinajstić information content (AvgIpc) is 2.71. The van der Waals surface area contributed by atoms with Crippen LogP contribution in [0.5, 0.6) is 0 Å². The van der Waals surface area contributed by atoms with Crippen LogP contribution in [-0.2, 0) is 0 Å². The normalized spacial score (nSPS) is 10.5. The summed E-state index contributed by atoms with van der Waals surface area (Å²) in [7, 11) is 0. The van der Waals surface area contributed by atoms with E-state index in [1.807, 2.05) is 0 Å². The molecule has 0 aliphatic carbocycles. The van der Waals surface area contributed by atoms with Gasteiger partial charge in [0.1, 0.15) is 0 Å². The zero-order chi connectivity index (χ0) is 11.0. The molecule has 1 N–H and O–H groups in total. The lowest BCUT2D eigenvalue weighted by Crippen LogP contribution is -1.98. The summed E-state index contributed by atoms with van der Waals surface area (Å²) in [5, 5.41) is 12.3. The zero-order valence-corrected chi connectivity index (χ0v) is 9.22. The van der Waals surface area contributed by atoms with E-state index in [4.69, 9.17) is 21.2 Å². The van der Waals surface area contributed by atoms with E-state index in [1.165, 1.54) is 11.3 Å². The molecule has 0 fully saturated rings. The Morgan fingerprint density at radius 2 is 2.33 bits per heavy atom. The summed E-state index contributed by atoms with van der Waals surface area (Å²) in [5.74, 6) is -0.630. The Labute approximate surface area is 94.1 Å². The molecule has 2 heterocycles. The van der Waals surface area contributed by atoms with Gasteiger partial charge in [-0.05, 0) is 19.1 Å². The van der Waals surface area contributed by atoms with E-state index in [0.717, 1.165) is 4.88 Å². The smallest absolute Gasteiger partial charge is 0.358 e. The molecule has 2 aromatic heterocycles. The quantitative estimate of drug-likeness (QED) is 0.881. The number of carbonyl (C=O) groups is 1. The number of thiophene rings is 1. The van der Waals surface area contributed by atoms with Gasteiger partial charge in [-0.3, -0.25) is 0 Å². The van der Waals surface area contributed by atoms with Crippen molar-refractivity contribution in [1.82, 2.24) is 5.16 Å². The standard InChI is InChI=1S/C9H6ClNO3S/c1-4-7(9(12)13)11-14-8(4)5-2-3-6(10)15-5/h2-3H,1H3,(H,12,13). The van der Waals surface area contributed by atoms with Crippen LogP contribution in [0.1, 0.15) is 16.1 Å². The molecule has 0 radical (unpaired) electrons. The van der Waals surface area contributed by atoms with E-state index in [0.29, 0.717) is 15.7 Å². The number of nitrogens with zero attached hydrogens (tertiary/aromatic N) is 1. The fraction of sp³-hybridized carbons (Fsp3) is 0.111. The predicted octanol–water partition coefficient (Wildman–Crippen LogP) is 3.06. The Balaban J connectivity index is 2.50. The van der Waals surface area contributed by atoms with Gasteiger partial charge in [0.25, 0.3) is 0 Å². The molecule has 2 aromatic rings. The first kappa shape index (κ1) is 10.2. The van der Waals surface area contributed by atoms with Gasteiger partial charge in [0.05, 0.1) is 9.21 Å². The number of aromatic carboxylic acids is 1. The second-order valence-electron chi connectivity index (χ2n) is 2.89. The van der Waals surface area contributed by atoms with Crippen LogP contribution in [0, 0.1) is 6.92 Å². The highest BCUT2D eigenvalue weighted by Crippen LogP contribution is 2.33. The predicted molar refractivity (Wildman–Crippen MR) is 56.5 cm³/mol. The highest BCUT2D eigenvalue weighted by Gasteiger charge is 2.19. The number of carboxylic acid groups (broad SMARTS) is 1. The van der Waals surface area contributed by atoms with E-state index in [2.05, 4.69) is 5.16 Å². The number of carboxylic acids is 1. The van der Waals surface area contributed by atoms with Gasteiger partial charge in [0.15, 0.2) is 11.5 Å². The molecular weight excluding hydrogens is 238 g/mol. The zero-order valence-electron chi connectivity index (χ0n) is 7.65. The first-order valence-corrected chi connectivity index (χ1v) is 5.24. The number of hydrogen-bond acceptors (Lipinski definition) is 4. The van der Waals surface area contributed by atoms with Crippen molar-refractivity contribution in [2.75, 3.05) is 0 Å². The van der Waals surface area contributed by atoms with Crippen LogP contribution in [0.25, 0.3) is 10.6 Å². The Morgan fingerprint density at radius 3 is 2.80 bits per heavy atom. The maximum atomic E-state index is 10.7. The van der Waals surface area contributed by atoms with Gasteiger partial charge in [-0.15, -0.1) is 11.3 Å². The summed E-state index contributed by atoms with van der Waals surface area (Å²) >= 11 is 7.09. The molecule has 2 rings (SSSR count). The van der Waals surface area contributed by atoms with E-state index in [-0.39, 0.29) is 5.69 Å². The number of aromatic nitrogens is 1. The monoisotopic (exact) mass is 243 g/mol. The van der Waals surface area contributed by atoms with Gasteiger partial charge in [-0.25, -0.2) is 4.79 Å². The van der Waals surface area contributed by atoms with E-state index in [1.54, 1.807) is 19.1 Å². The third-order valence-corrected chi connectivity index (χ3v) is 3.15. The third-order valence-electron chi connectivity index (χ3n) is 1.92. The summed E-state index contributed by atoms with van der Waals surface area (Å²) < 4.78 is 5.60.